The first-order chi connectivity index (χ1) is 12.8. The van der Waals surface area contributed by atoms with Crippen molar-refractivity contribution in [1.82, 2.24) is 10.6 Å². The summed E-state index contributed by atoms with van der Waals surface area (Å²) < 4.78 is 5.87. The molecule has 8 heteroatoms. The summed E-state index contributed by atoms with van der Waals surface area (Å²) in [7, 11) is 0. The normalized spacial score (nSPS) is 39.0. The predicted octanol–water partition coefficient (Wildman–Crippen LogP) is 0.466. The molecule has 8 atom stereocenters. The zero-order valence-electron chi connectivity index (χ0n) is 16.8. The Labute approximate surface area is 166 Å². The van der Waals surface area contributed by atoms with Crippen molar-refractivity contribution in [2.45, 2.75) is 88.4 Å². The lowest BCUT2D eigenvalue weighted by atomic mass is 9.88. The largest absolute Gasteiger partial charge is 0.388 e. The highest BCUT2D eigenvalue weighted by atomic mass is 32.2. The van der Waals surface area contributed by atoms with E-state index >= 15 is 0 Å². The number of carbonyl (C=O) groups is 1. The number of aliphatic hydroxyl groups excluding tert-OH is 3. The molecule has 0 radical (unpaired) electrons. The van der Waals surface area contributed by atoms with E-state index in [0.29, 0.717) is 5.92 Å². The van der Waals surface area contributed by atoms with Crippen molar-refractivity contribution < 1.29 is 24.9 Å². The third-order valence-electron chi connectivity index (χ3n) is 5.92. The number of carbonyl (C=O) groups excluding carboxylic acids is 1. The van der Waals surface area contributed by atoms with E-state index in [0.717, 1.165) is 32.2 Å². The quantitative estimate of drug-likeness (QED) is 0.437. The van der Waals surface area contributed by atoms with E-state index in [1.165, 1.54) is 11.8 Å². The Hall–Kier alpha value is -0.380. The molecule has 0 aromatic heterocycles. The van der Waals surface area contributed by atoms with Crippen LogP contribution in [0.3, 0.4) is 0 Å². The predicted molar refractivity (Wildman–Crippen MR) is 106 cm³/mol. The highest BCUT2D eigenvalue weighted by Crippen LogP contribution is 2.30. The van der Waals surface area contributed by atoms with Crippen LogP contribution in [0.1, 0.15) is 46.5 Å². The molecule has 1 amide bonds. The number of rotatable bonds is 6. The van der Waals surface area contributed by atoms with Gasteiger partial charge in [-0.2, -0.15) is 0 Å². The van der Waals surface area contributed by atoms with Crippen LogP contribution in [-0.4, -0.2) is 76.0 Å². The lowest BCUT2D eigenvalue weighted by Gasteiger charge is -2.44. The average molecular weight is 405 g/mol. The van der Waals surface area contributed by atoms with Gasteiger partial charge in [0.2, 0.25) is 5.91 Å². The van der Waals surface area contributed by atoms with E-state index in [4.69, 9.17) is 4.74 Å². The van der Waals surface area contributed by atoms with Gasteiger partial charge in [0.05, 0.1) is 12.1 Å². The fraction of sp³-hybridized carbons (Fsp3) is 0.947. The first-order valence-electron chi connectivity index (χ1n) is 10.1. The van der Waals surface area contributed by atoms with Crippen LogP contribution in [0, 0.1) is 11.8 Å². The van der Waals surface area contributed by atoms with Gasteiger partial charge in [0.15, 0.2) is 0 Å². The van der Waals surface area contributed by atoms with Crippen LogP contribution in [0.5, 0.6) is 0 Å². The van der Waals surface area contributed by atoms with Crippen molar-refractivity contribution in [3.63, 3.8) is 0 Å². The van der Waals surface area contributed by atoms with Crippen LogP contribution in [0.4, 0.5) is 0 Å². The molecule has 2 fully saturated rings. The molecular formula is C19H36N2O5S. The molecular weight excluding hydrogens is 368 g/mol. The third-order valence-corrected chi connectivity index (χ3v) is 6.78. The van der Waals surface area contributed by atoms with Crippen LogP contribution < -0.4 is 10.6 Å². The first-order valence-corrected chi connectivity index (χ1v) is 11.3. The number of aliphatic hydroxyl groups is 3. The first kappa shape index (κ1) is 22.9. The number of hydrogen-bond donors (Lipinski definition) is 5. The standard InChI is InChI=1S/C19H36N2O5S/c1-5-11-6-7-12(20-9-8-11)18(25)21-13(10(2)3)17-15(23)14(22)16(24)19(26-17)27-4/h10-17,19-20,22-24H,5-9H2,1-4H3,(H,21,25)/t11?,12-,13+,14-,15+,16+,17+,19+/m0/s1. The third kappa shape index (κ3) is 5.58. The molecule has 0 spiro atoms. The molecule has 2 aliphatic rings. The van der Waals surface area contributed by atoms with Crippen molar-refractivity contribution in [3.05, 3.63) is 0 Å². The van der Waals surface area contributed by atoms with Gasteiger partial charge in [-0.25, -0.2) is 0 Å². The van der Waals surface area contributed by atoms with E-state index in [1.807, 2.05) is 13.8 Å². The Morgan fingerprint density at radius 3 is 2.48 bits per heavy atom. The summed E-state index contributed by atoms with van der Waals surface area (Å²) >= 11 is 1.28. The summed E-state index contributed by atoms with van der Waals surface area (Å²) in [5.41, 5.74) is -0.645. The van der Waals surface area contributed by atoms with Gasteiger partial charge in [0, 0.05) is 0 Å². The number of thioether (sulfide) groups is 1. The van der Waals surface area contributed by atoms with Crippen molar-refractivity contribution in [1.29, 1.82) is 0 Å². The molecule has 158 valence electrons. The Bertz CT molecular complexity index is 479. The van der Waals surface area contributed by atoms with E-state index < -0.39 is 35.9 Å². The molecule has 0 aromatic carbocycles. The Morgan fingerprint density at radius 2 is 1.89 bits per heavy atom. The maximum Gasteiger partial charge on any atom is 0.237 e. The van der Waals surface area contributed by atoms with Crippen LogP contribution >= 0.6 is 11.8 Å². The molecule has 0 aliphatic carbocycles. The van der Waals surface area contributed by atoms with Gasteiger partial charge in [0.1, 0.15) is 29.9 Å². The van der Waals surface area contributed by atoms with Gasteiger partial charge in [-0.15, -0.1) is 11.8 Å². The molecule has 27 heavy (non-hydrogen) atoms. The van der Waals surface area contributed by atoms with Crippen molar-refractivity contribution in [2.24, 2.45) is 11.8 Å². The SMILES string of the molecule is CCC1CCN[C@H](C(=O)N[C@H](C(C)C)[C@H]2O[C@H](SC)[C@H](O)[C@@H](O)[C@H]2O)CC1. The van der Waals surface area contributed by atoms with Gasteiger partial charge in [-0.1, -0.05) is 27.2 Å². The van der Waals surface area contributed by atoms with Gasteiger partial charge in [-0.3, -0.25) is 4.79 Å². The van der Waals surface area contributed by atoms with E-state index in [9.17, 15) is 20.1 Å². The second-order valence-corrected chi connectivity index (χ2v) is 9.04. The van der Waals surface area contributed by atoms with E-state index in [2.05, 4.69) is 17.6 Å². The molecule has 0 aromatic rings. The summed E-state index contributed by atoms with van der Waals surface area (Å²) in [6, 6.07) is -0.716. The van der Waals surface area contributed by atoms with Crippen LogP contribution in [0.15, 0.2) is 0 Å². The van der Waals surface area contributed by atoms with Crippen LogP contribution in [-0.2, 0) is 9.53 Å². The number of amides is 1. The molecule has 1 unspecified atom stereocenters. The van der Waals surface area contributed by atoms with Gasteiger partial charge < -0.3 is 30.7 Å². The lowest BCUT2D eigenvalue weighted by molar-refractivity contribution is -0.208. The Balaban J connectivity index is 2.07. The van der Waals surface area contributed by atoms with Gasteiger partial charge in [-0.05, 0) is 43.9 Å². The zero-order valence-corrected chi connectivity index (χ0v) is 17.6. The Morgan fingerprint density at radius 1 is 1.19 bits per heavy atom. The summed E-state index contributed by atoms with van der Waals surface area (Å²) in [5, 5.41) is 37.1. The fourth-order valence-electron chi connectivity index (χ4n) is 4.00. The van der Waals surface area contributed by atoms with Crippen molar-refractivity contribution in [2.75, 3.05) is 12.8 Å². The smallest absolute Gasteiger partial charge is 0.237 e. The second kappa shape index (κ2) is 10.4. The number of hydrogen-bond acceptors (Lipinski definition) is 7. The minimum Gasteiger partial charge on any atom is -0.388 e. The monoisotopic (exact) mass is 404 g/mol. The summed E-state index contributed by atoms with van der Waals surface area (Å²) in [6.07, 6.45) is 1.29. The summed E-state index contributed by atoms with van der Waals surface area (Å²) in [4.78, 5) is 12.9. The number of nitrogens with one attached hydrogen (secondary N) is 2. The summed E-state index contributed by atoms with van der Waals surface area (Å²) in [6.45, 7) is 6.90. The number of ether oxygens (including phenoxy) is 1. The molecule has 2 heterocycles. The Kier molecular flexibility index (Phi) is 8.83. The topological polar surface area (TPSA) is 111 Å². The van der Waals surface area contributed by atoms with Gasteiger partial charge in [0.25, 0.3) is 0 Å². The molecule has 0 saturated carbocycles. The molecule has 5 N–H and O–H groups in total. The molecule has 2 saturated heterocycles. The second-order valence-electron chi connectivity index (χ2n) is 8.10. The molecule has 0 bridgehead atoms. The minimum absolute atomic E-state index is 0.00674. The maximum atomic E-state index is 12.9. The highest BCUT2D eigenvalue weighted by molar-refractivity contribution is 7.99. The zero-order chi connectivity index (χ0) is 20.1. The van der Waals surface area contributed by atoms with Crippen LogP contribution in [0.25, 0.3) is 0 Å². The van der Waals surface area contributed by atoms with Crippen molar-refractivity contribution in [3.8, 4) is 0 Å². The molecule has 2 aliphatic heterocycles. The fourth-order valence-corrected chi connectivity index (χ4v) is 4.68. The summed E-state index contributed by atoms with van der Waals surface area (Å²) in [5.74, 6) is 0.550. The lowest BCUT2D eigenvalue weighted by Crippen LogP contribution is -2.64. The molecule has 2 rings (SSSR count). The average Bonchev–Trinajstić information content (AvgIpc) is 2.90. The molecule has 7 nitrogen and oxygen atoms in total. The minimum atomic E-state index is -1.30. The van der Waals surface area contributed by atoms with Crippen molar-refractivity contribution >= 4 is 17.7 Å². The van der Waals surface area contributed by atoms with E-state index in [1.54, 1.807) is 6.26 Å². The maximum absolute atomic E-state index is 12.9. The highest BCUT2D eigenvalue weighted by Gasteiger charge is 2.47. The van der Waals surface area contributed by atoms with Crippen LogP contribution in [0.2, 0.25) is 0 Å². The van der Waals surface area contributed by atoms with E-state index in [-0.39, 0.29) is 17.9 Å². The van der Waals surface area contributed by atoms with Gasteiger partial charge >= 0.3 is 0 Å².